The highest BCUT2D eigenvalue weighted by Gasteiger charge is 2.19. The Morgan fingerprint density at radius 2 is 1.83 bits per heavy atom. The van der Waals surface area contributed by atoms with E-state index in [2.05, 4.69) is 52.5 Å². The van der Waals surface area contributed by atoms with Gasteiger partial charge in [0.1, 0.15) is 11.6 Å². The first-order valence-corrected chi connectivity index (χ1v) is 9.85. The van der Waals surface area contributed by atoms with Gasteiger partial charge >= 0.3 is 0 Å². The molecule has 0 saturated heterocycles. The van der Waals surface area contributed by atoms with Gasteiger partial charge < -0.3 is 14.6 Å². The molecular weight excluding hydrogens is 363 g/mol. The zero-order valence-electron chi connectivity index (χ0n) is 16.7. The van der Waals surface area contributed by atoms with Gasteiger partial charge in [-0.1, -0.05) is 42.5 Å². The number of nitrogens with zero attached hydrogens (tertiary/aromatic N) is 1. The van der Waals surface area contributed by atoms with Crippen molar-refractivity contribution in [1.82, 2.24) is 9.88 Å². The van der Waals surface area contributed by atoms with E-state index in [4.69, 9.17) is 4.74 Å². The summed E-state index contributed by atoms with van der Waals surface area (Å²) in [6, 6.07) is 23.4. The van der Waals surface area contributed by atoms with E-state index in [9.17, 15) is 4.39 Å². The maximum atomic E-state index is 14.0. The van der Waals surface area contributed by atoms with Crippen LogP contribution in [0.3, 0.4) is 0 Å². The molecule has 0 radical (unpaired) electrons. The van der Waals surface area contributed by atoms with Gasteiger partial charge in [0.15, 0.2) is 0 Å². The van der Waals surface area contributed by atoms with Crippen molar-refractivity contribution < 1.29 is 9.13 Å². The fourth-order valence-electron chi connectivity index (χ4n) is 3.94. The van der Waals surface area contributed by atoms with Gasteiger partial charge in [-0.25, -0.2) is 4.39 Å². The molecule has 4 aromatic rings. The summed E-state index contributed by atoms with van der Waals surface area (Å²) in [6.45, 7) is 0.835. The van der Waals surface area contributed by atoms with Crippen LogP contribution in [-0.2, 0) is 0 Å². The van der Waals surface area contributed by atoms with Gasteiger partial charge in [-0.15, -0.1) is 0 Å². The number of hydrogen-bond acceptors (Lipinski definition) is 2. The summed E-state index contributed by atoms with van der Waals surface area (Å²) in [6.07, 6.45) is 3.04. The molecule has 1 atom stereocenters. The van der Waals surface area contributed by atoms with E-state index in [0.29, 0.717) is 0 Å². The Morgan fingerprint density at radius 1 is 1.00 bits per heavy atom. The highest BCUT2D eigenvalue weighted by atomic mass is 19.1. The lowest BCUT2D eigenvalue weighted by atomic mass is 10.0. The standard InChI is InChI=1S/C25H25FN2O/c1-27-14-13-24(19-8-5-9-20(26)15-19)28-17-23(22-11-3-4-12-25(22)28)18-7-6-10-21(16-18)29-2/h3-12,15-17,24,27H,13-14H2,1-2H3. The molecule has 1 unspecified atom stereocenters. The Labute approximate surface area is 170 Å². The summed E-state index contributed by atoms with van der Waals surface area (Å²) in [7, 11) is 3.62. The van der Waals surface area contributed by atoms with Crippen molar-refractivity contribution in [3.05, 3.63) is 90.4 Å². The Morgan fingerprint density at radius 3 is 2.62 bits per heavy atom. The van der Waals surface area contributed by atoms with Crippen molar-refractivity contribution in [3.63, 3.8) is 0 Å². The second-order valence-electron chi connectivity index (χ2n) is 7.16. The molecule has 0 amide bonds. The normalized spacial score (nSPS) is 12.2. The number of benzene rings is 3. The Kier molecular flexibility index (Phi) is 5.63. The second kappa shape index (κ2) is 8.50. The smallest absolute Gasteiger partial charge is 0.123 e. The molecule has 4 heteroatoms. The summed E-state index contributed by atoms with van der Waals surface area (Å²) < 4.78 is 21.7. The molecule has 0 aliphatic carbocycles. The van der Waals surface area contributed by atoms with Crippen molar-refractivity contribution in [2.75, 3.05) is 20.7 Å². The quantitative estimate of drug-likeness (QED) is 0.442. The molecule has 1 N–H and O–H groups in total. The largest absolute Gasteiger partial charge is 0.497 e. The molecule has 148 valence electrons. The molecule has 29 heavy (non-hydrogen) atoms. The average molecular weight is 388 g/mol. The molecule has 1 heterocycles. The molecule has 3 nitrogen and oxygen atoms in total. The number of fused-ring (bicyclic) bond motifs is 1. The third-order valence-electron chi connectivity index (χ3n) is 5.36. The highest BCUT2D eigenvalue weighted by Crippen LogP contribution is 2.36. The van der Waals surface area contributed by atoms with Crippen LogP contribution in [-0.4, -0.2) is 25.3 Å². The lowest BCUT2D eigenvalue weighted by Crippen LogP contribution is -2.17. The molecule has 0 fully saturated rings. The van der Waals surface area contributed by atoms with Crippen molar-refractivity contribution >= 4 is 10.9 Å². The summed E-state index contributed by atoms with van der Waals surface area (Å²) >= 11 is 0. The number of rotatable bonds is 7. The topological polar surface area (TPSA) is 26.2 Å². The molecule has 0 bridgehead atoms. The van der Waals surface area contributed by atoms with E-state index in [0.717, 1.165) is 40.9 Å². The SMILES string of the molecule is CNCCC(c1cccc(F)c1)n1cc(-c2cccc(OC)c2)c2ccccc21. The molecule has 0 spiro atoms. The Hall–Kier alpha value is -3.11. The van der Waals surface area contributed by atoms with Crippen LogP contribution in [0.5, 0.6) is 5.75 Å². The number of methoxy groups -OCH3 is 1. The summed E-state index contributed by atoms with van der Waals surface area (Å²) in [5, 5.41) is 4.40. The molecule has 0 saturated carbocycles. The van der Waals surface area contributed by atoms with Crippen molar-refractivity contribution in [2.45, 2.75) is 12.5 Å². The van der Waals surface area contributed by atoms with Gasteiger partial charge in [-0.2, -0.15) is 0 Å². The van der Waals surface area contributed by atoms with Crippen molar-refractivity contribution in [2.24, 2.45) is 0 Å². The fourth-order valence-corrected chi connectivity index (χ4v) is 3.94. The van der Waals surface area contributed by atoms with Crippen LogP contribution in [0, 0.1) is 5.82 Å². The maximum Gasteiger partial charge on any atom is 0.123 e. The number of aromatic nitrogens is 1. The van der Waals surface area contributed by atoms with Crippen molar-refractivity contribution in [3.8, 4) is 16.9 Å². The monoisotopic (exact) mass is 388 g/mol. The van der Waals surface area contributed by atoms with Gasteiger partial charge in [-0.05, 0) is 61.5 Å². The lowest BCUT2D eigenvalue weighted by molar-refractivity contribution is 0.415. The number of ether oxygens (including phenoxy) is 1. The zero-order valence-corrected chi connectivity index (χ0v) is 16.7. The summed E-state index contributed by atoms with van der Waals surface area (Å²) in [5.74, 6) is 0.623. The average Bonchev–Trinajstić information content (AvgIpc) is 3.14. The zero-order chi connectivity index (χ0) is 20.2. The minimum absolute atomic E-state index is 0.0300. The highest BCUT2D eigenvalue weighted by molar-refractivity contribution is 5.96. The third kappa shape index (κ3) is 3.89. The first-order chi connectivity index (χ1) is 14.2. The van der Waals surface area contributed by atoms with E-state index in [1.54, 1.807) is 19.2 Å². The van der Waals surface area contributed by atoms with E-state index in [1.807, 2.05) is 25.2 Å². The minimum Gasteiger partial charge on any atom is -0.497 e. The van der Waals surface area contributed by atoms with E-state index in [1.165, 1.54) is 11.5 Å². The second-order valence-corrected chi connectivity index (χ2v) is 7.16. The van der Waals surface area contributed by atoms with Gasteiger partial charge in [-0.3, -0.25) is 0 Å². The van der Waals surface area contributed by atoms with Crippen LogP contribution >= 0.6 is 0 Å². The fraction of sp³-hybridized carbons (Fsp3) is 0.200. The first-order valence-electron chi connectivity index (χ1n) is 9.85. The molecule has 4 rings (SSSR count). The number of hydrogen-bond donors (Lipinski definition) is 1. The lowest BCUT2D eigenvalue weighted by Gasteiger charge is -2.21. The van der Waals surface area contributed by atoms with E-state index in [-0.39, 0.29) is 11.9 Å². The molecule has 1 aromatic heterocycles. The Bertz CT molecular complexity index is 1120. The number of halogens is 1. The van der Waals surface area contributed by atoms with Gasteiger partial charge in [0.25, 0.3) is 0 Å². The van der Waals surface area contributed by atoms with Crippen LogP contribution in [0.15, 0.2) is 79.0 Å². The van der Waals surface area contributed by atoms with Crippen LogP contribution in [0.1, 0.15) is 18.0 Å². The van der Waals surface area contributed by atoms with Gasteiger partial charge in [0.05, 0.1) is 13.2 Å². The Balaban J connectivity index is 1.89. The van der Waals surface area contributed by atoms with Gasteiger partial charge in [0, 0.05) is 22.7 Å². The molecule has 0 aliphatic rings. The van der Waals surface area contributed by atoms with E-state index >= 15 is 0 Å². The number of para-hydroxylation sites is 1. The van der Waals surface area contributed by atoms with Crippen molar-refractivity contribution in [1.29, 1.82) is 0 Å². The third-order valence-corrected chi connectivity index (χ3v) is 5.36. The van der Waals surface area contributed by atoms with Crippen LogP contribution in [0.4, 0.5) is 4.39 Å². The molecular formula is C25H25FN2O. The predicted octanol–water partition coefficient (Wildman–Crippen LogP) is 5.65. The molecule has 0 aliphatic heterocycles. The summed E-state index contributed by atoms with van der Waals surface area (Å²) in [4.78, 5) is 0. The summed E-state index contributed by atoms with van der Waals surface area (Å²) in [5.41, 5.74) is 4.35. The predicted molar refractivity (Wildman–Crippen MR) is 117 cm³/mol. The maximum absolute atomic E-state index is 14.0. The minimum atomic E-state index is -0.207. The van der Waals surface area contributed by atoms with Crippen LogP contribution < -0.4 is 10.1 Å². The van der Waals surface area contributed by atoms with Crippen LogP contribution in [0.25, 0.3) is 22.0 Å². The van der Waals surface area contributed by atoms with Gasteiger partial charge in [0.2, 0.25) is 0 Å². The van der Waals surface area contributed by atoms with Crippen LogP contribution in [0.2, 0.25) is 0 Å². The van der Waals surface area contributed by atoms with E-state index < -0.39 is 0 Å². The number of nitrogens with one attached hydrogen (secondary N) is 1. The molecule has 3 aromatic carbocycles. The first kappa shape index (κ1) is 19.2.